The summed E-state index contributed by atoms with van der Waals surface area (Å²) in [5.41, 5.74) is 0.910. The Balaban J connectivity index is 1.45. The van der Waals surface area contributed by atoms with Gasteiger partial charge in [-0.1, -0.05) is 6.07 Å². The average Bonchev–Trinajstić information content (AvgIpc) is 2.74. The van der Waals surface area contributed by atoms with E-state index in [0.717, 1.165) is 17.6 Å². The molecule has 150 valence electrons. The number of rotatable bonds is 4. The van der Waals surface area contributed by atoms with E-state index in [2.05, 4.69) is 15.3 Å². The highest BCUT2D eigenvalue weighted by molar-refractivity contribution is 6.04. The van der Waals surface area contributed by atoms with E-state index in [1.165, 1.54) is 12.1 Å². The lowest BCUT2D eigenvalue weighted by Crippen LogP contribution is -2.13. The van der Waals surface area contributed by atoms with Crippen molar-refractivity contribution in [3.8, 4) is 11.5 Å². The van der Waals surface area contributed by atoms with E-state index < -0.39 is 17.6 Å². The van der Waals surface area contributed by atoms with Crippen LogP contribution in [0, 0.1) is 0 Å². The van der Waals surface area contributed by atoms with E-state index in [9.17, 15) is 18.0 Å². The highest BCUT2D eigenvalue weighted by Gasteiger charge is 2.30. The van der Waals surface area contributed by atoms with E-state index in [0.29, 0.717) is 22.7 Å². The molecular formula is C22H14F3N3O2. The fourth-order valence-corrected chi connectivity index (χ4v) is 2.79. The standard InChI is InChI=1S/C22H14F3N3O2/c23-22(24,25)15-3-1-2-14(12-15)21(29)28-16-4-6-17(7-5-16)30-18-8-9-19-20(13-18)27-11-10-26-19/h1-13H,(H,28,29). The Labute approximate surface area is 169 Å². The van der Waals surface area contributed by atoms with Gasteiger partial charge in [0.15, 0.2) is 0 Å². The maximum absolute atomic E-state index is 12.8. The minimum absolute atomic E-state index is 0.0811. The molecule has 0 fully saturated rings. The number of amides is 1. The van der Waals surface area contributed by atoms with Crippen LogP contribution in [0.3, 0.4) is 0 Å². The number of ether oxygens (including phenoxy) is 1. The van der Waals surface area contributed by atoms with Gasteiger partial charge in [0.25, 0.3) is 5.91 Å². The summed E-state index contributed by atoms with van der Waals surface area (Å²) in [6, 6.07) is 16.0. The third-order valence-electron chi connectivity index (χ3n) is 4.24. The summed E-state index contributed by atoms with van der Waals surface area (Å²) in [6.07, 6.45) is -1.31. The largest absolute Gasteiger partial charge is 0.457 e. The fourth-order valence-electron chi connectivity index (χ4n) is 2.79. The maximum atomic E-state index is 12.8. The number of aromatic nitrogens is 2. The molecule has 1 heterocycles. The lowest BCUT2D eigenvalue weighted by atomic mass is 10.1. The molecule has 1 amide bonds. The normalized spacial score (nSPS) is 11.3. The Bertz CT molecular complexity index is 1210. The number of halogens is 3. The number of fused-ring (bicyclic) bond motifs is 1. The summed E-state index contributed by atoms with van der Waals surface area (Å²) in [4.78, 5) is 20.7. The van der Waals surface area contributed by atoms with E-state index in [-0.39, 0.29) is 5.56 Å². The van der Waals surface area contributed by atoms with Crippen LogP contribution in [0.15, 0.2) is 79.1 Å². The first-order valence-electron chi connectivity index (χ1n) is 8.86. The second-order valence-corrected chi connectivity index (χ2v) is 6.37. The molecule has 0 aliphatic carbocycles. The Morgan fingerprint density at radius 2 is 1.53 bits per heavy atom. The molecule has 1 aromatic heterocycles. The summed E-state index contributed by atoms with van der Waals surface area (Å²) in [7, 11) is 0. The fraction of sp³-hybridized carbons (Fsp3) is 0.0455. The Hall–Kier alpha value is -3.94. The first-order chi connectivity index (χ1) is 14.4. The van der Waals surface area contributed by atoms with Crippen molar-refractivity contribution in [2.24, 2.45) is 0 Å². The number of benzene rings is 3. The van der Waals surface area contributed by atoms with Crippen LogP contribution in [0.25, 0.3) is 11.0 Å². The van der Waals surface area contributed by atoms with Crippen LogP contribution >= 0.6 is 0 Å². The smallest absolute Gasteiger partial charge is 0.416 e. The lowest BCUT2D eigenvalue weighted by molar-refractivity contribution is -0.137. The summed E-state index contributed by atoms with van der Waals surface area (Å²) >= 11 is 0. The minimum Gasteiger partial charge on any atom is -0.457 e. The van der Waals surface area contributed by atoms with E-state index in [1.807, 2.05) is 0 Å². The second-order valence-electron chi connectivity index (χ2n) is 6.37. The summed E-state index contributed by atoms with van der Waals surface area (Å²) in [5.74, 6) is 0.460. The van der Waals surface area contributed by atoms with Crippen LogP contribution in [-0.2, 0) is 6.18 Å². The first kappa shape index (κ1) is 19.4. The van der Waals surface area contributed by atoms with Crippen molar-refractivity contribution in [2.45, 2.75) is 6.18 Å². The van der Waals surface area contributed by atoms with Gasteiger partial charge in [-0.2, -0.15) is 13.2 Å². The molecule has 1 N–H and O–H groups in total. The van der Waals surface area contributed by atoms with Crippen LogP contribution in [0.1, 0.15) is 15.9 Å². The minimum atomic E-state index is -4.51. The second kappa shape index (κ2) is 7.82. The van der Waals surface area contributed by atoms with Gasteiger partial charge in [0.2, 0.25) is 0 Å². The number of carbonyl (C=O) groups is 1. The molecule has 0 atom stereocenters. The number of carbonyl (C=O) groups excluding carboxylic acids is 1. The molecule has 3 aromatic carbocycles. The van der Waals surface area contributed by atoms with Crippen molar-refractivity contribution in [2.75, 3.05) is 5.32 Å². The van der Waals surface area contributed by atoms with E-state index >= 15 is 0 Å². The van der Waals surface area contributed by atoms with Crippen molar-refractivity contribution in [1.29, 1.82) is 0 Å². The molecule has 8 heteroatoms. The van der Waals surface area contributed by atoms with E-state index in [1.54, 1.807) is 54.9 Å². The average molecular weight is 409 g/mol. The molecule has 0 aliphatic heterocycles. The molecule has 30 heavy (non-hydrogen) atoms. The topological polar surface area (TPSA) is 64.1 Å². The zero-order chi connectivity index (χ0) is 21.1. The molecular weight excluding hydrogens is 395 g/mol. The number of nitrogens with zero attached hydrogens (tertiary/aromatic N) is 2. The molecule has 0 saturated heterocycles. The highest BCUT2D eigenvalue weighted by Crippen LogP contribution is 2.30. The van der Waals surface area contributed by atoms with Crippen LogP contribution in [0.5, 0.6) is 11.5 Å². The van der Waals surface area contributed by atoms with Crippen LogP contribution < -0.4 is 10.1 Å². The zero-order valence-electron chi connectivity index (χ0n) is 15.4. The Kier molecular flexibility index (Phi) is 5.05. The monoisotopic (exact) mass is 409 g/mol. The van der Waals surface area contributed by atoms with Crippen LogP contribution in [-0.4, -0.2) is 15.9 Å². The summed E-state index contributed by atoms with van der Waals surface area (Å²) in [6.45, 7) is 0. The van der Waals surface area contributed by atoms with Gasteiger partial charge in [-0.05, 0) is 54.6 Å². The Morgan fingerprint density at radius 3 is 2.27 bits per heavy atom. The zero-order valence-corrected chi connectivity index (χ0v) is 15.4. The van der Waals surface area contributed by atoms with Crippen LogP contribution in [0.4, 0.5) is 18.9 Å². The van der Waals surface area contributed by atoms with Crippen molar-refractivity contribution < 1.29 is 22.7 Å². The molecule has 0 radical (unpaired) electrons. The molecule has 0 spiro atoms. The quantitative estimate of drug-likeness (QED) is 0.470. The van der Waals surface area contributed by atoms with Gasteiger partial charge < -0.3 is 10.1 Å². The number of hydrogen-bond donors (Lipinski definition) is 1. The van der Waals surface area contributed by atoms with Crippen molar-refractivity contribution in [1.82, 2.24) is 9.97 Å². The van der Waals surface area contributed by atoms with Gasteiger partial charge in [0, 0.05) is 29.7 Å². The molecule has 5 nitrogen and oxygen atoms in total. The van der Waals surface area contributed by atoms with Gasteiger partial charge in [-0.25, -0.2) is 0 Å². The number of alkyl halides is 3. The Morgan fingerprint density at radius 1 is 0.833 bits per heavy atom. The van der Waals surface area contributed by atoms with Gasteiger partial charge in [-0.15, -0.1) is 0 Å². The van der Waals surface area contributed by atoms with Crippen molar-refractivity contribution in [3.05, 3.63) is 90.3 Å². The van der Waals surface area contributed by atoms with E-state index in [4.69, 9.17) is 4.74 Å². The van der Waals surface area contributed by atoms with Gasteiger partial charge in [0.1, 0.15) is 11.5 Å². The predicted molar refractivity (Wildman–Crippen MR) is 105 cm³/mol. The third kappa shape index (κ3) is 4.38. The summed E-state index contributed by atoms with van der Waals surface area (Å²) < 4.78 is 44.2. The maximum Gasteiger partial charge on any atom is 0.416 e. The van der Waals surface area contributed by atoms with Crippen molar-refractivity contribution >= 4 is 22.6 Å². The SMILES string of the molecule is O=C(Nc1ccc(Oc2ccc3nccnc3c2)cc1)c1cccc(C(F)(F)F)c1. The van der Waals surface area contributed by atoms with Gasteiger partial charge >= 0.3 is 6.18 Å². The predicted octanol–water partition coefficient (Wildman–Crippen LogP) is 5.69. The third-order valence-corrected chi connectivity index (χ3v) is 4.24. The molecule has 0 aliphatic rings. The molecule has 0 saturated carbocycles. The number of nitrogens with one attached hydrogen (secondary N) is 1. The highest BCUT2D eigenvalue weighted by atomic mass is 19.4. The number of hydrogen-bond acceptors (Lipinski definition) is 4. The molecule has 0 bridgehead atoms. The van der Waals surface area contributed by atoms with Crippen molar-refractivity contribution in [3.63, 3.8) is 0 Å². The van der Waals surface area contributed by atoms with Gasteiger partial charge in [-0.3, -0.25) is 14.8 Å². The van der Waals surface area contributed by atoms with Crippen LogP contribution in [0.2, 0.25) is 0 Å². The lowest BCUT2D eigenvalue weighted by Gasteiger charge is -2.10. The molecule has 0 unspecified atom stereocenters. The molecule has 4 aromatic rings. The van der Waals surface area contributed by atoms with Gasteiger partial charge in [0.05, 0.1) is 16.6 Å². The first-order valence-corrected chi connectivity index (χ1v) is 8.86. The summed E-state index contributed by atoms with van der Waals surface area (Å²) in [5, 5.41) is 2.57. The number of anilines is 1. The molecule has 4 rings (SSSR count).